The normalized spacial score (nSPS) is 17.0. The number of methoxy groups -OCH3 is 2. The third-order valence-electron chi connectivity index (χ3n) is 5.62. The van der Waals surface area contributed by atoms with Gasteiger partial charge in [0, 0.05) is 24.5 Å². The Bertz CT molecular complexity index is 834. The molecule has 1 unspecified atom stereocenters. The predicted octanol–water partition coefficient (Wildman–Crippen LogP) is 4.06. The van der Waals surface area contributed by atoms with Gasteiger partial charge in [0.15, 0.2) is 0 Å². The molecule has 1 fully saturated rings. The molecular weight excluding hydrogens is 364 g/mol. The van der Waals surface area contributed by atoms with Crippen molar-refractivity contribution in [2.24, 2.45) is 5.41 Å². The van der Waals surface area contributed by atoms with E-state index in [-0.39, 0.29) is 11.9 Å². The summed E-state index contributed by atoms with van der Waals surface area (Å²) in [6.07, 6.45) is 2.66. The number of ether oxygens (including phenoxy) is 2. The smallest absolute Gasteiger partial charge is 0.226 e. The molecule has 0 aliphatic carbocycles. The quantitative estimate of drug-likeness (QED) is 0.767. The number of hydrogen-bond donors (Lipinski definition) is 1. The average Bonchev–Trinajstić information content (AvgIpc) is 2.74. The fraction of sp³-hybridized carbons (Fsp3) is 0.458. The van der Waals surface area contributed by atoms with E-state index in [1.165, 1.54) is 0 Å². The number of anilines is 1. The third kappa shape index (κ3) is 5.03. The molecule has 1 heterocycles. The summed E-state index contributed by atoms with van der Waals surface area (Å²) in [5.74, 6) is 1.78. The van der Waals surface area contributed by atoms with Gasteiger partial charge in [-0.2, -0.15) is 0 Å². The van der Waals surface area contributed by atoms with Gasteiger partial charge in [-0.1, -0.05) is 44.2 Å². The minimum Gasteiger partial charge on any atom is -0.496 e. The summed E-state index contributed by atoms with van der Waals surface area (Å²) in [6, 6.07) is 16.1. The average molecular weight is 397 g/mol. The highest BCUT2D eigenvalue weighted by atomic mass is 16.5. The molecule has 1 saturated heterocycles. The van der Waals surface area contributed by atoms with Gasteiger partial charge in [-0.15, -0.1) is 0 Å². The second kappa shape index (κ2) is 9.21. The van der Waals surface area contributed by atoms with Crippen molar-refractivity contribution in [3.63, 3.8) is 0 Å². The molecule has 29 heavy (non-hydrogen) atoms. The van der Waals surface area contributed by atoms with Crippen molar-refractivity contribution in [1.82, 2.24) is 5.32 Å². The van der Waals surface area contributed by atoms with E-state index in [0.29, 0.717) is 6.42 Å². The van der Waals surface area contributed by atoms with Crippen LogP contribution in [0.2, 0.25) is 0 Å². The number of nitrogens with zero attached hydrogens (tertiary/aromatic N) is 1. The van der Waals surface area contributed by atoms with Gasteiger partial charge >= 0.3 is 0 Å². The Labute approximate surface area is 174 Å². The molecule has 5 heteroatoms. The Morgan fingerprint density at radius 3 is 2.45 bits per heavy atom. The number of nitrogens with one attached hydrogen (secondary N) is 1. The Balaban J connectivity index is 1.66. The summed E-state index contributed by atoms with van der Waals surface area (Å²) < 4.78 is 11.0. The predicted molar refractivity (Wildman–Crippen MR) is 117 cm³/mol. The van der Waals surface area contributed by atoms with Gasteiger partial charge in [-0.3, -0.25) is 4.79 Å². The van der Waals surface area contributed by atoms with Gasteiger partial charge in [-0.05, 0) is 43.0 Å². The van der Waals surface area contributed by atoms with Crippen molar-refractivity contribution < 1.29 is 14.3 Å². The maximum atomic E-state index is 13.1. The molecule has 156 valence electrons. The van der Waals surface area contributed by atoms with Crippen LogP contribution in [0.25, 0.3) is 0 Å². The van der Waals surface area contributed by atoms with Crippen LogP contribution in [0.5, 0.6) is 11.5 Å². The van der Waals surface area contributed by atoms with Crippen LogP contribution in [0, 0.1) is 5.41 Å². The van der Waals surface area contributed by atoms with Gasteiger partial charge in [-0.25, -0.2) is 0 Å². The number of rotatable bonds is 7. The Hall–Kier alpha value is -2.69. The summed E-state index contributed by atoms with van der Waals surface area (Å²) in [6.45, 7) is 5.75. The standard InChI is InChI=1S/C24H32N2O3/c1-24(2,16-18-10-5-7-13-21(18)28-3)23(27)25-19-11-9-15-26(17-19)20-12-6-8-14-22(20)29-4/h5-8,10,12-14,19H,9,11,15-17H2,1-4H3,(H,25,27). The van der Waals surface area contributed by atoms with Crippen LogP contribution in [0.15, 0.2) is 48.5 Å². The minimum absolute atomic E-state index is 0.0790. The summed E-state index contributed by atoms with van der Waals surface area (Å²) in [5.41, 5.74) is 1.61. The molecule has 0 saturated carbocycles. The topological polar surface area (TPSA) is 50.8 Å². The highest BCUT2D eigenvalue weighted by molar-refractivity contribution is 5.82. The van der Waals surface area contributed by atoms with Crippen LogP contribution in [0.3, 0.4) is 0 Å². The second-order valence-corrected chi connectivity index (χ2v) is 8.30. The number of carbonyl (C=O) groups excluding carboxylic acids is 1. The Morgan fingerprint density at radius 1 is 1.07 bits per heavy atom. The summed E-state index contributed by atoms with van der Waals surface area (Å²) in [4.78, 5) is 15.4. The first-order valence-corrected chi connectivity index (χ1v) is 10.3. The zero-order valence-corrected chi connectivity index (χ0v) is 17.9. The molecular formula is C24H32N2O3. The number of carbonyl (C=O) groups is 1. The summed E-state index contributed by atoms with van der Waals surface area (Å²) in [5, 5.41) is 3.29. The van der Waals surface area contributed by atoms with E-state index in [0.717, 1.165) is 48.7 Å². The van der Waals surface area contributed by atoms with Gasteiger partial charge in [0.05, 0.1) is 19.9 Å². The first kappa shape index (κ1) is 21.0. The fourth-order valence-corrected chi connectivity index (χ4v) is 3.99. The van der Waals surface area contributed by atoms with Crippen molar-refractivity contribution in [2.75, 3.05) is 32.2 Å². The lowest BCUT2D eigenvalue weighted by Gasteiger charge is -2.37. The SMILES string of the molecule is COc1ccccc1CC(C)(C)C(=O)NC1CCCN(c2ccccc2OC)C1. The van der Waals surface area contributed by atoms with E-state index in [4.69, 9.17) is 9.47 Å². The molecule has 2 aromatic carbocycles. The van der Waals surface area contributed by atoms with E-state index in [2.05, 4.69) is 16.3 Å². The third-order valence-corrected chi connectivity index (χ3v) is 5.62. The molecule has 1 amide bonds. The molecule has 1 aliphatic rings. The summed E-state index contributed by atoms with van der Waals surface area (Å²) in [7, 11) is 3.36. The van der Waals surface area contributed by atoms with E-state index in [1.54, 1.807) is 14.2 Å². The number of para-hydroxylation sites is 3. The van der Waals surface area contributed by atoms with Crippen LogP contribution < -0.4 is 19.7 Å². The van der Waals surface area contributed by atoms with Gasteiger partial charge in [0.1, 0.15) is 11.5 Å². The van der Waals surface area contributed by atoms with Crippen LogP contribution in [0.4, 0.5) is 5.69 Å². The number of piperidine rings is 1. The van der Waals surface area contributed by atoms with Crippen molar-refractivity contribution in [3.05, 3.63) is 54.1 Å². The second-order valence-electron chi connectivity index (χ2n) is 8.30. The maximum Gasteiger partial charge on any atom is 0.226 e. The van der Waals surface area contributed by atoms with Crippen molar-refractivity contribution in [3.8, 4) is 11.5 Å². The first-order valence-electron chi connectivity index (χ1n) is 10.3. The van der Waals surface area contributed by atoms with Crippen molar-refractivity contribution >= 4 is 11.6 Å². The Kier molecular flexibility index (Phi) is 6.68. The van der Waals surface area contributed by atoms with Crippen LogP contribution in [0.1, 0.15) is 32.3 Å². The lowest BCUT2D eigenvalue weighted by molar-refractivity contribution is -0.130. The molecule has 0 radical (unpaired) electrons. The molecule has 1 N–H and O–H groups in total. The first-order chi connectivity index (χ1) is 13.9. The van der Waals surface area contributed by atoms with Crippen LogP contribution >= 0.6 is 0 Å². The van der Waals surface area contributed by atoms with Crippen LogP contribution in [-0.2, 0) is 11.2 Å². The molecule has 5 nitrogen and oxygen atoms in total. The van der Waals surface area contributed by atoms with E-state index < -0.39 is 5.41 Å². The van der Waals surface area contributed by atoms with Crippen LogP contribution in [-0.4, -0.2) is 39.3 Å². The minimum atomic E-state index is -0.526. The number of hydrogen-bond acceptors (Lipinski definition) is 4. The summed E-state index contributed by atoms with van der Waals surface area (Å²) >= 11 is 0. The van der Waals surface area contributed by atoms with Crippen molar-refractivity contribution in [1.29, 1.82) is 0 Å². The van der Waals surface area contributed by atoms with Crippen molar-refractivity contribution in [2.45, 2.75) is 39.2 Å². The maximum absolute atomic E-state index is 13.1. The zero-order chi connectivity index (χ0) is 20.9. The van der Waals surface area contributed by atoms with E-state index in [1.807, 2.05) is 56.3 Å². The highest BCUT2D eigenvalue weighted by Crippen LogP contribution is 2.31. The van der Waals surface area contributed by atoms with Gasteiger partial charge < -0.3 is 19.7 Å². The molecule has 2 aromatic rings. The number of benzene rings is 2. The van der Waals surface area contributed by atoms with E-state index >= 15 is 0 Å². The molecule has 1 aliphatic heterocycles. The molecule has 0 aromatic heterocycles. The highest BCUT2D eigenvalue weighted by Gasteiger charge is 2.32. The molecule has 1 atom stereocenters. The zero-order valence-electron chi connectivity index (χ0n) is 17.9. The van der Waals surface area contributed by atoms with Gasteiger partial charge in [0.2, 0.25) is 5.91 Å². The lowest BCUT2D eigenvalue weighted by Crippen LogP contribution is -2.51. The van der Waals surface area contributed by atoms with E-state index in [9.17, 15) is 4.79 Å². The van der Waals surface area contributed by atoms with Gasteiger partial charge in [0.25, 0.3) is 0 Å². The fourth-order valence-electron chi connectivity index (χ4n) is 3.99. The lowest BCUT2D eigenvalue weighted by atomic mass is 9.84. The monoisotopic (exact) mass is 396 g/mol. The molecule has 3 rings (SSSR count). The Morgan fingerprint density at radius 2 is 1.72 bits per heavy atom. The largest absolute Gasteiger partial charge is 0.496 e. The number of amides is 1. The molecule has 0 spiro atoms. The molecule has 0 bridgehead atoms.